The molecule has 0 amide bonds. The fourth-order valence-corrected chi connectivity index (χ4v) is 0.674. The van der Waals surface area contributed by atoms with Gasteiger partial charge in [-0.2, -0.15) is 5.10 Å². The molecule has 0 atom stereocenters. The average Bonchev–Trinajstić information content (AvgIpc) is 2.34. The zero-order chi connectivity index (χ0) is 8.43. The van der Waals surface area contributed by atoms with E-state index >= 15 is 0 Å². The number of Topliss-reactive ketones (excluding diaryl/α,β-unsaturated/α-hetero) is 1. The normalized spacial score (nSPS) is 10.5. The molecule has 0 spiro atoms. The number of carbonyl (C=O) groups excluding carboxylic acids is 1. The van der Waals surface area contributed by atoms with Crippen molar-refractivity contribution < 1.29 is 13.6 Å². The van der Waals surface area contributed by atoms with Crippen molar-refractivity contribution in [2.45, 2.75) is 6.43 Å². The Hall–Kier alpha value is -1.26. The second-order valence-electron chi connectivity index (χ2n) is 2.07. The smallest absolute Gasteiger partial charge is 0.288 e. The molecule has 0 saturated heterocycles. The molecule has 1 rings (SSSR count). The summed E-state index contributed by atoms with van der Waals surface area (Å²) in [7, 11) is 1.56. The number of halogens is 2. The Morgan fingerprint density at radius 2 is 2.36 bits per heavy atom. The minimum atomic E-state index is -2.95. The Labute approximate surface area is 61.6 Å². The first-order valence-corrected chi connectivity index (χ1v) is 2.92. The van der Waals surface area contributed by atoms with Crippen LogP contribution in [0.5, 0.6) is 0 Å². The van der Waals surface area contributed by atoms with E-state index in [1.807, 2.05) is 0 Å². The van der Waals surface area contributed by atoms with Crippen LogP contribution in [0, 0.1) is 0 Å². The Morgan fingerprint density at radius 3 is 2.73 bits per heavy atom. The standard InChI is InChI=1S/C6H6F2N2O/c1-10-3-4(2-9-10)5(11)6(7)8/h2-3,6H,1H3. The summed E-state index contributed by atoms with van der Waals surface area (Å²) in [5.41, 5.74) is -0.0532. The van der Waals surface area contributed by atoms with Gasteiger partial charge in [-0.25, -0.2) is 8.78 Å². The minimum Gasteiger partial charge on any atom is -0.288 e. The summed E-state index contributed by atoms with van der Waals surface area (Å²) in [6.45, 7) is 0. The van der Waals surface area contributed by atoms with Crippen molar-refractivity contribution >= 4 is 5.78 Å². The van der Waals surface area contributed by atoms with Gasteiger partial charge in [-0.05, 0) is 0 Å². The summed E-state index contributed by atoms with van der Waals surface area (Å²) < 4.78 is 24.8. The van der Waals surface area contributed by atoms with E-state index in [0.29, 0.717) is 0 Å². The molecular weight excluding hydrogens is 154 g/mol. The van der Waals surface area contributed by atoms with Crippen molar-refractivity contribution in [2.24, 2.45) is 7.05 Å². The maximum Gasteiger partial charge on any atom is 0.300 e. The van der Waals surface area contributed by atoms with Gasteiger partial charge in [0.05, 0.1) is 11.8 Å². The van der Waals surface area contributed by atoms with Crippen LogP contribution in [-0.2, 0) is 7.05 Å². The molecule has 0 aliphatic carbocycles. The second-order valence-corrected chi connectivity index (χ2v) is 2.07. The molecule has 3 nitrogen and oxygen atoms in total. The molecule has 0 aromatic carbocycles. The van der Waals surface area contributed by atoms with Crippen molar-refractivity contribution in [3.63, 3.8) is 0 Å². The number of alkyl halides is 2. The van der Waals surface area contributed by atoms with Crippen LogP contribution in [0.25, 0.3) is 0 Å². The van der Waals surface area contributed by atoms with Crippen LogP contribution in [0.3, 0.4) is 0 Å². The first-order valence-electron chi connectivity index (χ1n) is 2.92. The van der Waals surface area contributed by atoms with Gasteiger partial charge in [0.25, 0.3) is 0 Å². The Balaban J connectivity index is 2.85. The number of ketones is 1. The van der Waals surface area contributed by atoms with Crippen molar-refractivity contribution in [3.05, 3.63) is 18.0 Å². The van der Waals surface area contributed by atoms with E-state index in [1.54, 1.807) is 7.05 Å². The third-order valence-corrected chi connectivity index (χ3v) is 1.19. The van der Waals surface area contributed by atoms with Gasteiger partial charge in [0.2, 0.25) is 5.78 Å². The highest BCUT2D eigenvalue weighted by molar-refractivity contribution is 5.97. The lowest BCUT2D eigenvalue weighted by atomic mass is 10.2. The van der Waals surface area contributed by atoms with Crippen LogP contribution in [0.1, 0.15) is 10.4 Å². The first-order chi connectivity index (χ1) is 5.11. The van der Waals surface area contributed by atoms with E-state index < -0.39 is 12.2 Å². The van der Waals surface area contributed by atoms with Gasteiger partial charge in [0.1, 0.15) is 0 Å². The molecule has 0 fully saturated rings. The largest absolute Gasteiger partial charge is 0.300 e. The Kier molecular flexibility index (Phi) is 1.98. The predicted molar refractivity (Wildman–Crippen MR) is 33.5 cm³/mol. The summed E-state index contributed by atoms with van der Waals surface area (Å²) in [5.74, 6) is -1.18. The molecule has 5 heteroatoms. The third kappa shape index (κ3) is 1.60. The zero-order valence-electron chi connectivity index (χ0n) is 5.79. The predicted octanol–water partition coefficient (Wildman–Crippen LogP) is 0.868. The maximum atomic E-state index is 11.7. The maximum absolute atomic E-state index is 11.7. The summed E-state index contributed by atoms with van der Waals surface area (Å²) in [6.07, 6.45) is -0.567. The number of nitrogens with zero attached hydrogens (tertiary/aromatic N) is 2. The van der Waals surface area contributed by atoms with E-state index in [1.165, 1.54) is 10.9 Å². The Bertz CT molecular complexity index is 269. The van der Waals surface area contributed by atoms with Crippen molar-refractivity contribution in [1.29, 1.82) is 0 Å². The molecule has 1 heterocycles. The fraction of sp³-hybridized carbons (Fsp3) is 0.333. The highest BCUT2D eigenvalue weighted by Gasteiger charge is 2.18. The van der Waals surface area contributed by atoms with Gasteiger partial charge in [0.15, 0.2) is 0 Å². The highest BCUT2D eigenvalue weighted by atomic mass is 19.3. The van der Waals surface area contributed by atoms with Gasteiger partial charge >= 0.3 is 6.43 Å². The van der Waals surface area contributed by atoms with Crippen molar-refractivity contribution in [1.82, 2.24) is 9.78 Å². The molecule has 1 aromatic rings. The van der Waals surface area contributed by atoms with Gasteiger partial charge in [0, 0.05) is 13.2 Å². The van der Waals surface area contributed by atoms with Crippen LogP contribution in [0.4, 0.5) is 8.78 Å². The monoisotopic (exact) mass is 160 g/mol. The molecular formula is C6H6F2N2O. The SMILES string of the molecule is Cn1cc(C(=O)C(F)F)cn1. The van der Waals surface area contributed by atoms with Gasteiger partial charge in [-0.3, -0.25) is 9.48 Å². The van der Waals surface area contributed by atoms with E-state index in [4.69, 9.17) is 0 Å². The molecule has 0 saturated carbocycles. The van der Waals surface area contributed by atoms with Crippen LogP contribution in [-0.4, -0.2) is 22.0 Å². The van der Waals surface area contributed by atoms with Crippen LogP contribution in [0.15, 0.2) is 12.4 Å². The lowest BCUT2D eigenvalue weighted by molar-refractivity contribution is 0.0678. The van der Waals surface area contributed by atoms with Gasteiger partial charge in [-0.15, -0.1) is 0 Å². The van der Waals surface area contributed by atoms with Crippen LogP contribution in [0.2, 0.25) is 0 Å². The second kappa shape index (κ2) is 2.77. The minimum absolute atomic E-state index is 0.0532. The first kappa shape index (κ1) is 7.84. The van der Waals surface area contributed by atoms with E-state index in [0.717, 1.165) is 6.20 Å². The zero-order valence-corrected chi connectivity index (χ0v) is 5.79. The summed E-state index contributed by atoms with van der Waals surface area (Å²) >= 11 is 0. The summed E-state index contributed by atoms with van der Waals surface area (Å²) in [5, 5.41) is 3.58. The van der Waals surface area contributed by atoms with Crippen molar-refractivity contribution in [3.8, 4) is 0 Å². The summed E-state index contributed by atoms with van der Waals surface area (Å²) in [4.78, 5) is 10.6. The van der Waals surface area contributed by atoms with Gasteiger partial charge in [-0.1, -0.05) is 0 Å². The highest BCUT2D eigenvalue weighted by Crippen LogP contribution is 2.05. The summed E-state index contributed by atoms with van der Waals surface area (Å²) in [6, 6.07) is 0. The quantitative estimate of drug-likeness (QED) is 0.601. The number of rotatable bonds is 2. The van der Waals surface area contributed by atoms with E-state index in [-0.39, 0.29) is 5.56 Å². The molecule has 0 aliphatic rings. The Morgan fingerprint density at radius 1 is 1.73 bits per heavy atom. The lowest BCUT2D eigenvalue weighted by Gasteiger charge is -1.91. The topological polar surface area (TPSA) is 34.9 Å². The van der Waals surface area contributed by atoms with Crippen LogP contribution >= 0.6 is 0 Å². The number of aryl methyl sites for hydroxylation is 1. The molecule has 0 aliphatic heterocycles. The van der Waals surface area contributed by atoms with Crippen molar-refractivity contribution in [2.75, 3.05) is 0 Å². The molecule has 0 N–H and O–H groups in total. The van der Waals surface area contributed by atoms with Crippen LogP contribution < -0.4 is 0 Å². The number of carbonyl (C=O) groups is 1. The fourth-order valence-electron chi connectivity index (χ4n) is 0.674. The molecule has 0 bridgehead atoms. The van der Waals surface area contributed by atoms with E-state index in [2.05, 4.69) is 5.10 Å². The number of hydrogen-bond acceptors (Lipinski definition) is 2. The molecule has 0 radical (unpaired) electrons. The third-order valence-electron chi connectivity index (χ3n) is 1.19. The molecule has 11 heavy (non-hydrogen) atoms. The van der Waals surface area contributed by atoms with Gasteiger partial charge < -0.3 is 0 Å². The van der Waals surface area contributed by atoms with E-state index in [9.17, 15) is 13.6 Å². The number of hydrogen-bond donors (Lipinski definition) is 0. The molecule has 1 aromatic heterocycles. The molecule has 0 unspecified atom stereocenters. The lowest BCUT2D eigenvalue weighted by Crippen LogP contribution is -2.08. The average molecular weight is 160 g/mol. The molecule has 60 valence electrons. The number of aromatic nitrogens is 2.